The molecular weight excluding hydrogens is 306 g/mol. The second kappa shape index (κ2) is 6.39. The van der Waals surface area contributed by atoms with Crippen LogP contribution in [-0.4, -0.2) is 47.2 Å². The van der Waals surface area contributed by atoms with Crippen molar-refractivity contribution in [3.8, 4) is 5.88 Å². The van der Waals surface area contributed by atoms with Crippen molar-refractivity contribution in [1.82, 2.24) is 15.1 Å². The molecule has 8 heteroatoms. The summed E-state index contributed by atoms with van der Waals surface area (Å²) in [5.74, 6) is -0.361. The van der Waals surface area contributed by atoms with Gasteiger partial charge in [-0.1, -0.05) is 15.9 Å². The Morgan fingerprint density at radius 1 is 1.56 bits per heavy atom. The van der Waals surface area contributed by atoms with E-state index in [4.69, 9.17) is 4.74 Å². The van der Waals surface area contributed by atoms with Crippen LogP contribution in [0.3, 0.4) is 0 Å². The normalized spacial score (nSPS) is 11.8. The minimum absolute atomic E-state index is 0.115. The number of halogens is 1. The van der Waals surface area contributed by atoms with Gasteiger partial charge in [-0.2, -0.15) is 5.10 Å². The number of amides is 1. The third kappa shape index (κ3) is 3.46. The molecule has 0 radical (unpaired) electrons. The molecule has 0 saturated heterocycles. The molecule has 0 bridgehead atoms. The van der Waals surface area contributed by atoms with E-state index >= 15 is 0 Å². The Balaban J connectivity index is 2.57. The van der Waals surface area contributed by atoms with E-state index in [9.17, 15) is 9.59 Å². The lowest BCUT2D eigenvalue weighted by Gasteiger charge is -2.07. The molecular formula is C10H14BrN3O4. The molecule has 100 valence electrons. The zero-order valence-electron chi connectivity index (χ0n) is 10.3. The van der Waals surface area contributed by atoms with Gasteiger partial charge < -0.3 is 14.8 Å². The summed E-state index contributed by atoms with van der Waals surface area (Å²) in [6.45, 7) is 0.115. The number of rotatable bonds is 5. The average molecular weight is 320 g/mol. The number of carbonyl (C=O) groups excluding carboxylic acids is 2. The minimum atomic E-state index is -0.586. The quantitative estimate of drug-likeness (QED) is 0.614. The number of nitrogens with one attached hydrogen (secondary N) is 1. The van der Waals surface area contributed by atoms with Gasteiger partial charge in [-0.3, -0.25) is 9.59 Å². The molecule has 0 spiro atoms. The van der Waals surface area contributed by atoms with Crippen molar-refractivity contribution in [2.75, 3.05) is 20.8 Å². The molecule has 1 aromatic rings. The van der Waals surface area contributed by atoms with E-state index in [1.165, 1.54) is 25.0 Å². The van der Waals surface area contributed by atoms with Crippen molar-refractivity contribution in [1.29, 1.82) is 0 Å². The first-order chi connectivity index (χ1) is 8.49. The molecule has 1 aromatic heterocycles. The van der Waals surface area contributed by atoms with Gasteiger partial charge in [0.15, 0.2) is 5.69 Å². The summed E-state index contributed by atoms with van der Waals surface area (Å²) in [6.07, 6.45) is 0. The van der Waals surface area contributed by atoms with Gasteiger partial charge in [0.05, 0.1) is 14.2 Å². The van der Waals surface area contributed by atoms with Crippen LogP contribution in [0.1, 0.15) is 10.5 Å². The largest absolute Gasteiger partial charge is 0.481 e. The van der Waals surface area contributed by atoms with Gasteiger partial charge in [0, 0.05) is 19.7 Å². The first-order valence-electron chi connectivity index (χ1n) is 5.07. The molecule has 0 saturated carbocycles. The van der Waals surface area contributed by atoms with Crippen LogP contribution in [0.2, 0.25) is 0 Å². The van der Waals surface area contributed by atoms with Gasteiger partial charge in [0.1, 0.15) is 4.83 Å². The Labute approximate surface area is 113 Å². The Hall–Kier alpha value is -1.57. The van der Waals surface area contributed by atoms with Crippen molar-refractivity contribution in [2.45, 2.75) is 4.83 Å². The summed E-state index contributed by atoms with van der Waals surface area (Å²) in [5, 5.41) is 6.53. The van der Waals surface area contributed by atoms with Gasteiger partial charge in [-0.05, 0) is 0 Å². The fraction of sp³-hybridized carbons (Fsp3) is 0.500. The number of alkyl halides is 1. The number of nitrogens with zero attached hydrogens (tertiary/aromatic N) is 2. The molecule has 18 heavy (non-hydrogen) atoms. The van der Waals surface area contributed by atoms with Crippen LogP contribution < -0.4 is 10.1 Å². The molecule has 1 amide bonds. The highest BCUT2D eigenvalue weighted by Gasteiger charge is 2.18. The highest BCUT2D eigenvalue weighted by molar-refractivity contribution is 9.10. The van der Waals surface area contributed by atoms with E-state index < -0.39 is 10.8 Å². The number of carbonyl (C=O) groups is 2. The van der Waals surface area contributed by atoms with Crippen LogP contribution >= 0.6 is 15.9 Å². The number of aryl methyl sites for hydroxylation is 1. The van der Waals surface area contributed by atoms with E-state index in [2.05, 4.69) is 31.1 Å². The zero-order valence-corrected chi connectivity index (χ0v) is 11.9. The summed E-state index contributed by atoms with van der Waals surface area (Å²) >= 11 is 3.10. The molecule has 0 aliphatic carbocycles. The van der Waals surface area contributed by atoms with Gasteiger partial charge in [0.2, 0.25) is 5.88 Å². The van der Waals surface area contributed by atoms with Crippen molar-refractivity contribution >= 4 is 27.8 Å². The van der Waals surface area contributed by atoms with E-state index in [1.54, 1.807) is 7.05 Å². The maximum absolute atomic E-state index is 11.7. The lowest BCUT2D eigenvalue weighted by Crippen LogP contribution is -2.34. The van der Waals surface area contributed by atoms with E-state index in [0.717, 1.165) is 0 Å². The van der Waals surface area contributed by atoms with Gasteiger partial charge in [-0.15, -0.1) is 0 Å². The van der Waals surface area contributed by atoms with Crippen molar-refractivity contribution < 1.29 is 19.1 Å². The summed E-state index contributed by atoms with van der Waals surface area (Å²) in [7, 11) is 4.43. The second-order valence-electron chi connectivity index (χ2n) is 3.40. The predicted octanol–water partition coefficient (Wildman–Crippen LogP) is 0.0950. The molecule has 1 atom stereocenters. The maximum atomic E-state index is 11.7. The van der Waals surface area contributed by atoms with Crippen LogP contribution in [0.4, 0.5) is 0 Å². The fourth-order valence-corrected chi connectivity index (χ4v) is 1.58. The Bertz CT molecular complexity index is 446. The summed E-state index contributed by atoms with van der Waals surface area (Å²) in [5.41, 5.74) is 0.221. The van der Waals surface area contributed by atoms with Crippen molar-refractivity contribution in [2.24, 2.45) is 7.05 Å². The lowest BCUT2D eigenvalue weighted by molar-refractivity contribution is -0.139. The summed E-state index contributed by atoms with van der Waals surface area (Å²) < 4.78 is 11.0. The molecule has 7 nitrogen and oxygen atoms in total. The third-order valence-electron chi connectivity index (χ3n) is 2.18. The van der Waals surface area contributed by atoms with Crippen LogP contribution in [0, 0.1) is 0 Å². The molecule has 1 N–H and O–H groups in total. The Kier molecular flexibility index (Phi) is 5.14. The first kappa shape index (κ1) is 14.5. The van der Waals surface area contributed by atoms with Crippen LogP contribution in [0.25, 0.3) is 0 Å². The standard InChI is InChI=1S/C10H14BrN3O4/c1-14-8(17-2)4-7(13-14)9(15)12-5-6(11)10(16)18-3/h4,6H,5H2,1-3H3,(H,12,15). The smallest absolute Gasteiger partial charge is 0.321 e. The highest BCUT2D eigenvalue weighted by Crippen LogP contribution is 2.11. The zero-order chi connectivity index (χ0) is 13.7. The monoisotopic (exact) mass is 319 g/mol. The molecule has 0 aliphatic rings. The molecule has 0 fully saturated rings. The third-order valence-corrected chi connectivity index (χ3v) is 2.87. The van der Waals surface area contributed by atoms with E-state index in [1.807, 2.05) is 0 Å². The second-order valence-corrected chi connectivity index (χ2v) is 4.50. The van der Waals surface area contributed by atoms with Crippen LogP contribution in [0.15, 0.2) is 6.07 Å². The maximum Gasteiger partial charge on any atom is 0.321 e. The molecule has 0 aliphatic heterocycles. The minimum Gasteiger partial charge on any atom is -0.481 e. The van der Waals surface area contributed by atoms with Gasteiger partial charge >= 0.3 is 5.97 Å². The predicted molar refractivity (Wildman–Crippen MR) is 66.8 cm³/mol. The van der Waals surface area contributed by atoms with Crippen molar-refractivity contribution in [3.05, 3.63) is 11.8 Å². The summed E-state index contributed by atoms with van der Waals surface area (Å²) in [6, 6.07) is 1.51. The first-order valence-corrected chi connectivity index (χ1v) is 5.99. The number of hydrogen-bond donors (Lipinski definition) is 1. The topological polar surface area (TPSA) is 82.5 Å². The number of hydrogen-bond acceptors (Lipinski definition) is 5. The highest BCUT2D eigenvalue weighted by atomic mass is 79.9. The lowest BCUT2D eigenvalue weighted by atomic mass is 10.3. The Morgan fingerprint density at radius 3 is 2.72 bits per heavy atom. The van der Waals surface area contributed by atoms with Crippen molar-refractivity contribution in [3.63, 3.8) is 0 Å². The Morgan fingerprint density at radius 2 is 2.22 bits per heavy atom. The molecule has 1 rings (SSSR count). The number of ether oxygens (including phenoxy) is 2. The van der Waals surface area contributed by atoms with E-state index in [0.29, 0.717) is 5.88 Å². The molecule has 1 unspecified atom stereocenters. The van der Waals surface area contributed by atoms with E-state index in [-0.39, 0.29) is 18.1 Å². The molecule has 1 heterocycles. The number of aromatic nitrogens is 2. The van der Waals surface area contributed by atoms with Gasteiger partial charge in [0.25, 0.3) is 5.91 Å². The average Bonchev–Trinajstić information content (AvgIpc) is 2.75. The van der Waals surface area contributed by atoms with Gasteiger partial charge in [-0.25, -0.2) is 4.68 Å². The summed E-state index contributed by atoms with van der Waals surface area (Å²) in [4.78, 5) is 22.2. The SMILES string of the molecule is COC(=O)C(Br)CNC(=O)c1cc(OC)n(C)n1. The molecule has 0 aromatic carbocycles. The fourth-order valence-electron chi connectivity index (χ4n) is 1.24. The van der Waals surface area contributed by atoms with Crippen LogP contribution in [0.5, 0.6) is 5.88 Å². The number of esters is 1. The van der Waals surface area contributed by atoms with Crippen LogP contribution in [-0.2, 0) is 16.6 Å². The number of methoxy groups -OCH3 is 2.